The highest BCUT2D eigenvalue weighted by Gasteiger charge is 2.69. The first-order chi connectivity index (χ1) is 16.5. The maximum atomic E-state index is 13.3. The Morgan fingerprint density at radius 3 is 2.39 bits per heavy atom. The summed E-state index contributed by atoms with van der Waals surface area (Å²) in [6.07, 6.45) is 5.40. The Hall–Kier alpha value is -1.28. The third-order valence-electron chi connectivity index (χ3n) is 10.8. The van der Waals surface area contributed by atoms with E-state index in [9.17, 15) is 30.0 Å². The van der Waals surface area contributed by atoms with Crippen molar-refractivity contribution in [3.8, 4) is 0 Å². The average Bonchev–Trinajstić information content (AvgIpc) is 3.04. The molecule has 0 spiro atoms. The van der Waals surface area contributed by atoms with Crippen LogP contribution in [0.1, 0.15) is 99.3 Å². The van der Waals surface area contributed by atoms with Crippen molar-refractivity contribution in [1.29, 1.82) is 0 Å². The molecule has 0 heterocycles. The number of carbonyl (C=O) groups is 2. The molecule has 0 bridgehead atoms. The lowest BCUT2D eigenvalue weighted by Gasteiger charge is -2.60. The highest BCUT2D eigenvalue weighted by molar-refractivity contribution is 5.95. The van der Waals surface area contributed by atoms with Gasteiger partial charge >= 0.3 is 5.97 Å². The van der Waals surface area contributed by atoms with Gasteiger partial charge in [-0.25, -0.2) is 0 Å². The van der Waals surface area contributed by atoms with Crippen molar-refractivity contribution >= 4 is 11.8 Å². The second-order valence-corrected chi connectivity index (χ2v) is 13.6. The van der Waals surface area contributed by atoms with E-state index in [0.29, 0.717) is 44.9 Å². The number of ether oxygens (including phenoxy) is 1. The van der Waals surface area contributed by atoms with Gasteiger partial charge in [0.1, 0.15) is 11.7 Å². The van der Waals surface area contributed by atoms with Crippen LogP contribution in [0.3, 0.4) is 0 Å². The van der Waals surface area contributed by atoms with Crippen LogP contribution in [0.5, 0.6) is 0 Å². The fraction of sp³-hybridized carbons (Fsp3) is 0.862. The fourth-order valence-electron chi connectivity index (χ4n) is 8.63. The molecule has 4 aliphatic rings. The first kappa shape index (κ1) is 27.7. The molecule has 36 heavy (non-hydrogen) atoms. The molecule has 0 aliphatic heterocycles. The number of rotatable bonds is 6. The van der Waals surface area contributed by atoms with Crippen LogP contribution in [0.25, 0.3) is 0 Å². The first-order valence-electron chi connectivity index (χ1n) is 13.7. The predicted octanol–water partition coefficient (Wildman–Crippen LogP) is 3.45. The molecule has 3 fully saturated rings. The van der Waals surface area contributed by atoms with Crippen molar-refractivity contribution in [2.45, 2.75) is 128 Å². The number of allylic oxidation sites excluding steroid dienone is 1. The Bertz CT molecular complexity index is 932. The lowest BCUT2D eigenvalue weighted by atomic mass is 9.46. The van der Waals surface area contributed by atoms with Gasteiger partial charge in [-0.05, 0) is 107 Å². The zero-order chi connectivity index (χ0) is 26.9. The number of aliphatic hydroxyl groups is 4. The molecule has 4 rings (SSSR count). The summed E-state index contributed by atoms with van der Waals surface area (Å²) in [7, 11) is 0. The van der Waals surface area contributed by atoms with E-state index in [0.717, 1.165) is 18.4 Å². The summed E-state index contributed by atoms with van der Waals surface area (Å²) in [6.45, 7) is 10.6. The summed E-state index contributed by atoms with van der Waals surface area (Å²) in [5, 5.41) is 44.9. The van der Waals surface area contributed by atoms with Gasteiger partial charge in [-0.3, -0.25) is 9.59 Å². The molecule has 0 aromatic carbocycles. The van der Waals surface area contributed by atoms with Crippen molar-refractivity contribution in [3.63, 3.8) is 0 Å². The smallest absolute Gasteiger partial charge is 0.303 e. The lowest BCUT2D eigenvalue weighted by molar-refractivity contribution is -0.191. The largest absolute Gasteiger partial charge is 0.459 e. The normalized spacial score (nSPS) is 42.9. The van der Waals surface area contributed by atoms with Gasteiger partial charge in [0, 0.05) is 18.3 Å². The molecule has 4 aliphatic carbocycles. The number of carbonyl (C=O) groups excluding carboxylic acids is 2. The Labute approximate surface area is 215 Å². The van der Waals surface area contributed by atoms with Crippen LogP contribution in [0, 0.1) is 28.6 Å². The van der Waals surface area contributed by atoms with Crippen LogP contribution in [0.15, 0.2) is 11.6 Å². The molecule has 204 valence electrons. The van der Waals surface area contributed by atoms with E-state index in [1.165, 1.54) is 6.92 Å². The minimum absolute atomic E-state index is 0.00153. The van der Waals surface area contributed by atoms with Crippen molar-refractivity contribution in [2.75, 3.05) is 0 Å². The monoisotopic (exact) mass is 506 g/mol. The summed E-state index contributed by atoms with van der Waals surface area (Å²) < 4.78 is 5.63. The first-order valence-corrected chi connectivity index (χ1v) is 13.7. The van der Waals surface area contributed by atoms with Gasteiger partial charge in [-0.1, -0.05) is 13.8 Å². The van der Waals surface area contributed by atoms with E-state index < -0.39 is 40.4 Å². The van der Waals surface area contributed by atoms with Crippen molar-refractivity contribution in [3.05, 3.63) is 11.6 Å². The second-order valence-electron chi connectivity index (χ2n) is 13.6. The molecule has 9 atom stereocenters. The van der Waals surface area contributed by atoms with Gasteiger partial charge in [0.2, 0.25) is 0 Å². The molecule has 7 nitrogen and oxygen atoms in total. The van der Waals surface area contributed by atoms with Gasteiger partial charge in [0.05, 0.1) is 17.3 Å². The highest BCUT2D eigenvalue weighted by atomic mass is 16.6. The number of fused-ring (bicyclic) bond motifs is 5. The Kier molecular flexibility index (Phi) is 6.85. The van der Waals surface area contributed by atoms with E-state index in [2.05, 4.69) is 6.92 Å². The third kappa shape index (κ3) is 4.28. The Morgan fingerprint density at radius 2 is 1.78 bits per heavy atom. The summed E-state index contributed by atoms with van der Waals surface area (Å²) in [6, 6.07) is 0. The molecule has 0 unspecified atom stereocenters. The van der Waals surface area contributed by atoms with Gasteiger partial charge in [-0.2, -0.15) is 0 Å². The van der Waals surface area contributed by atoms with E-state index in [-0.39, 0.29) is 29.0 Å². The van der Waals surface area contributed by atoms with Crippen LogP contribution in [0.4, 0.5) is 0 Å². The molecule has 0 aromatic heterocycles. The van der Waals surface area contributed by atoms with Crippen molar-refractivity contribution in [2.24, 2.45) is 28.6 Å². The minimum atomic E-state index is -1.43. The molecule has 0 amide bonds. The Balaban J connectivity index is 1.69. The molecular formula is C29H46O7. The topological polar surface area (TPSA) is 124 Å². The number of hydrogen-bond acceptors (Lipinski definition) is 7. The van der Waals surface area contributed by atoms with Crippen LogP contribution in [0.2, 0.25) is 0 Å². The summed E-state index contributed by atoms with van der Waals surface area (Å²) in [5.74, 6) is -1.01. The molecule has 0 saturated heterocycles. The number of ketones is 1. The third-order valence-corrected chi connectivity index (χ3v) is 10.8. The average molecular weight is 507 g/mol. The number of aliphatic hydroxyl groups excluding tert-OH is 1. The molecule has 0 radical (unpaired) electrons. The maximum Gasteiger partial charge on any atom is 0.303 e. The van der Waals surface area contributed by atoms with Crippen molar-refractivity contribution < 1.29 is 34.8 Å². The zero-order valence-corrected chi connectivity index (χ0v) is 22.8. The molecule has 4 N–H and O–H groups in total. The standard InChI is InChI=1S/C29H46O7/c1-17(30)36-24(10-11-25(2,3)33)28(6,34)23-9-14-29(35)20-16-22(32)21-15-18(31)7-12-26(21,4)19(20)8-13-27(23,29)5/h16,18-19,21,23-24,31,33-35H,7-15H2,1-6H3/t18-,19-,21-,23-,24+,26+,27+,28+,29+/m0/s1. The zero-order valence-electron chi connectivity index (χ0n) is 22.8. The molecule has 0 aromatic rings. The minimum Gasteiger partial charge on any atom is -0.459 e. The number of esters is 1. The second kappa shape index (κ2) is 8.89. The van der Waals surface area contributed by atoms with Crippen molar-refractivity contribution in [1.82, 2.24) is 0 Å². The predicted molar refractivity (Wildman–Crippen MR) is 135 cm³/mol. The molecule has 3 saturated carbocycles. The summed E-state index contributed by atoms with van der Waals surface area (Å²) in [4.78, 5) is 25.3. The van der Waals surface area contributed by atoms with Gasteiger partial charge < -0.3 is 25.2 Å². The van der Waals surface area contributed by atoms with E-state index >= 15 is 0 Å². The molecule has 7 heteroatoms. The van der Waals surface area contributed by atoms with Crippen LogP contribution >= 0.6 is 0 Å². The summed E-state index contributed by atoms with van der Waals surface area (Å²) >= 11 is 0. The van der Waals surface area contributed by atoms with E-state index in [1.807, 2.05) is 6.92 Å². The lowest BCUT2D eigenvalue weighted by Crippen LogP contribution is -2.62. The highest BCUT2D eigenvalue weighted by Crippen LogP contribution is 2.68. The van der Waals surface area contributed by atoms with Gasteiger partial charge in [0.25, 0.3) is 0 Å². The fourth-order valence-corrected chi connectivity index (χ4v) is 8.63. The number of hydrogen-bond donors (Lipinski definition) is 4. The van der Waals surface area contributed by atoms with Gasteiger partial charge in [-0.15, -0.1) is 0 Å². The summed E-state index contributed by atoms with van der Waals surface area (Å²) in [5.41, 5.74) is -3.82. The molecular weight excluding hydrogens is 460 g/mol. The van der Waals surface area contributed by atoms with Gasteiger partial charge in [0.15, 0.2) is 5.78 Å². The van der Waals surface area contributed by atoms with Crippen LogP contribution < -0.4 is 0 Å². The van der Waals surface area contributed by atoms with Crippen LogP contribution in [-0.2, 0) is 14.3 Å². The maximum absolute atomic E-state index is 13.3. The SMILES string of the molecule is CC(=O)O[C@H](CCC(C)(C)O)[C@](C)(O)[C@H]1CC[C@@]2(O)C3=CC(=O)[C@@H]4C[C@@H](O)CC[C@]4(C)[C@H]3CC[C@]12C. The van der Waals surface area contributed by atoms with E-state index in [1.54, 1.807) is 26.8 Å². The quantitative estimate of drug-likeness (QED) is 0.407. The Morgan fingerprint density at radius 1 is 1.11 bits per heavy atom. The van der Waals surface area contributed by atoms with Crippen LogP contribution in [-0.4, -0.2) is 61.2 Å². The van der Waals surface area contributed by atoms with E-state index in [4.69, 9.17) is 4.74 Å².